The SMILES string of the molecule is CCc1cc(C(=O)Nc2ccnn2Cc2ccc(Br)cc2)sc1C. The van der Waals surface area contributed by atoms with Crippen molar-refractivity contribution in [3.05, 3.63) is 67.9 Å². The van der Waals surface area contributed by atoms with Gasteiger partial charge in [0, 0.05) is 15.4 Å². The van der Waals surface area contributed by atoms with Crippen LogP contribution in [0.4, 0.5) is 5.82 Å². The van der Waals surface area contributed by atoms with E-state index in [9.17, 15) is 4.79 Å². The summed E-state index contributed by atoms with van der Waals surface area (Å²) >= 11 is 4.97. The number of hydrogen-bond acceptors (Lipinski definition) is 3. The molecule has 4 nitrogen and oxygen atoms in total. The Morgan fingerprint density at radius 3 is 2.71 bits per heavy atom. The summed E-state index contributed by atoms with van der Waals surface area (Å²) in [6.45, 7) is 4.77. The van der Waals surface area contributed by atoms with Crippen LogP contribution in [-0.2, 0) is 13.0 Å². The second-order valence-corrected chi connectivity index (χ2v) is 7.67. The van der Waals surface area contributed by atoms with Crippen molar-refractivity contribution in [1.82, 2.24) is 9.78 Å². The lowest BCUT2D eigenvalue weighted by atomic mass is 10.2. The highest BCUT2D eigenvalue weighted by atomic mass is 79.9. The molecule has 1 aromatic carbocycles. The molecule has 0 aliphatic heterocycles. The molecule has 0 spiro atoms. The number of carbonyl (C=O) groups is 1. The molecule has 0 unspecified atom stereocenters. The molecule has 3 aromatic rings. The van der Waals surface area contributed by atoms with Crippen molar-refractivity contribution in [1.29, 1.82) is 0 Å². The van der Waals surface area contributed by atoms with Gasteiger partial charge in [-0.2, -0.15) is 5.10 Å². The zero-order valence-corrected chi connectivity index (χ0v) is 15.9. The summed E-state index contributed by atoms with van der Waals surface area (Å²) in [7, 11) is 0. The van der Waals surface area contributed by atoms with E-state index in [0.717, 1.165) is 21.3 Å². The van der Waals surface area contributed by atoms with Gasteiger partial charge in [-0.15, -0.1) is 11.3 Å². The summed E-state index contributed by atoms with van der Waals surface area (Å²) in [6.07, 6.45) is 2.64. The fraction of sp³-hybridized carbons (Fsp3) is 0.222. The number of halogens is 1. The van der Waals surface area contributed by atoms with E-state index in [4.69, 9.17) is 0 Å². The quantitative estimate of drug-likeness (QED) is 0.659. The molecule has 2 heterocycles. The maximum absolute atomic E-state index is 12.5. The second-order valence-electron chi connectivity index (χ2n) is 5.50. The average molecular weight is 404 g/mol. The van der Waals surface area contributed by atoms with Crippen LogP contribution in [-0.4, -0.2) is 15.7 Å². The lowest BCUT2D eigenvalue weighted by Crippen LogP contribution is -2.15. The van der Waals surface area contributed by atoms with Gasteiger partial charge in [0.25, 0.3) is 5.91 Å². The fourth-order valence-corrected chi connectivity index (χ4v) is 3.76. The van der Waals surface area contributed by atoms with Gasteiger partial charge in [-0.1, -0.05) is 35.0 Å². The number of thiophene rings is 1. The number of benzene rings is 1. The standard InChI is InChI=1S/C18H18BrN3OS/c1-3-14-10-16(24-12(14)2)18(23)21-17-8-9-20-22(17)11-13-4-6-15(19)7-5-13/h4-10H,3,11H2,1-2H3,(H,21,23). The van der Waals surface area contributed by atoms with E-state index in [-0.39, 0.29) is 5.91 Å². The molecule has 1 N–H and O–H groups in total. The maximum atomic E-state index is 12.5. The first-order valence-corrected chi connectivity index (χ1v) is 9.34. The highest BCUT2D eigenvalue weighted by Crippen LogP contribution is 2.23. The van der Waals surface area contributed by atoms with Gasteiger partial charge >= 0.3 is 0 Å². The van der Waals surface area contributed by atoms with Crippen LogP contribution in [0.1, 0.15) is 32.6 Å². The summed E-state index contributed by atoms with van der Waals surface area (Å²) in [5, 5.41) is 7.28. The Bertz CT molecular complexity index is 852. The molecule has 0 aliphatic rings. The number of aryl methyl sites for hydroxylation is 2. The lowest BCUT2D eigenvalue weighted by molar-refractivity contribution is 0.102. The Morgan fingerprint density at radius 1 is 1.29 bits per heavy atom. The topological polar surface area (TPSA) is 46.9 Å². The van der Waals surface area contributed by atoms with Crippen molar-refractivity contribution < 1.29 is 4.79 Å². The number of nitrogens with one attached hydrogen (secondary N) is 1. The van der Waals surface area contributed by atoms with Crippen molar-refractivity contribution in [3.8, 4) is 0 Å². The van der Waals surface area contributed by atoms with Crippen LogP contribution in [0.3, 0.4) is 0 Å². The first-order chi connectivity index (χ1) is 11.6. The molecule has 24 heavy (non-hydrogen) atoms. The van der Waals surface area contributed by atoms with Crippen molar-refractivity contribution in [2.75, 3.05) is 5.32 Å². The average Bonchev–Trinajstić information content (AvgIpc) is 3.16. The van der Waals surface area contributed by atoms with Gasteiger partial charge in [-0.25, -0.2) is 4.68 Å². The number of aromatic nitrogens is 2. The second kappa shape index (κ2) is 7.32. The third-order valence-electron chi connectivity index (χ3n) is 3.83. The predicted octanol–water partition coefficient (Wildman–Crippen LogP) is 4.88. The monoisotopic (exact) mass is 403 g/mol. The minimum atomic E-state index is -0.0830. The zero-order valence-electron chi connectivity index (χ0n) is 13.5. The van der Waals surface area contributed by atoms with E-state index in [0.29, 0.717) is 12.4 Å². The van der Waals surface area contributed by atoms with E-state index in [1.54, 1.807) is 10.9 Å². The molecular formula is C18H18BrN3OS. The number of anilines is 1. The minimum Gasteiger partial charge on any atom is -0.306 e. The lowest BCUT2D eigenvalue weighted by Gasteiger charge is -2.08. The van der Waals surface area contributed by atoms with Crippen molar-refractivity contribution in [2.24, 2.45) is 0 Å². The first-order valence-electron chi connectivity index (χ1n) is 7.73. The Kier molecular flexibility index (Phi) is 5.16. The Morgan fingerprint density at radius 2 is 2.04 bits per heavy atom. The molecule has 0 fully saturated rings. The minimum absolute atomic E-state index is 0.0830. The Labute approximate surface area is 153 Å². The number of amides is 1. The molecule has 0 saturated carbocycles. The molecule has 0 aliphatic carbocycles. The van der Waals surface area contributed by atoms with Gasteiger partial charge in [-0.3, -0.25) is 4.79 Å². The number of rotatable bonds is 5. The van der Waals surface area contributed by atoms with Crippen LogP contribution in [0, 0.1) is 6.92 Å². The number of carbonyl (C=O) groups excluding carboxylic acids is 1. The van der Waals surface area contributed by atoms with Crippen LogP contribution in [0.15, 0.2) is 47.1 Å². The van der Waals surface area contributed by atoms with Gasteiger partial charge in [0.05, 0.1) is 17.6 Å². The molecule has 2 aromatic heterocycles. The molecule has 0 radical (unpaired) electrons. The van der Waals surface area contributed by atoms with Crippen molar-refractivity contribution in [3.63, 3.8) is 0 Å². The van der Waals surface area contributed by atoms with E-state index in [1.165, 1.54) is 21.8 Å². The molecule has 0 atom stereocenters. The van der Waals surface area contributed by atoms with Crippen LogP contribution in [0.25, 0.3) is 0 Å². The number of nitrogens with zero attached hydrogens (tertiary/aromatic N) is 2. The molecule has 6 heteroatoms. The zero-order chi connectivity index (χ0) is 17.1. The largest absolute Gasteiger partial charge is 0.306 e. The summed E-state index contributed by atoms with van der Waals surface area (Å²) in [4.78, 5) is 14.4. The Hall–Kier alpha value is -1.92. The van der Waals surface area contributed by atoms with Crippen LogP contribution in [0.2, 0.25) is 0 Å². The summed E-state index contributed by atoms with van der Waals surface area (Å²) in [6, 6.07) is 11.9. The van der Waals surface area contributed by atoms with Crippen LogP contribution >= 0.6 is 27.3 Å². The summed E-state index contributed by atoms with van der Waals surface area (Å²) in [5.74, 6) is 0.618. The van der Waals surface area contributed by atoms with Crippen LogP contribution in [0.5, 0.6) is 0 Å². The van der Waals surface area contributed by atoms with E-state index in [2.05, 4.69) is 40.2 Å². The number of hydrogen-bond donors (Lipinski definition) is 1. The molecule has 1 amide bonds. The molecule has 124 valence electrons. The van der Waals surface area contributed by atoms with Crippen molar-refractivity contribution in [2.45, 2.75) is 26.8 Å². The van der Waals surface area contributed by atoms with Gasteiger partial charge < -0.3 is 5.32 Å². The molecule has 0 saturated heterocycles. The maximum Gasteiger partial charge on any atom is 0.266 e. The summed E-state index contributed by atoms with van der Waals surface area (Å²) < 4.78 is 2.84. The van der Waals surface area contributed by atoms with Crippen molar-refractivity contribution >= 4 is 39.0 Å². The molecule has 0 bridgehead atoms. The first kappa shape index (κ1) is 16.9. The van der Waals surface area contributed by atoms with E-state index < -0.39 is 0 Å². The van der Waals surface area contributed by atoms with Crippen LogP contribution < -0.4 is 5.32 Å². The van der Waals surface area contributed by atoms with Gasteiger partial charge in [0.1, 0.15) is 5.82 Å². The van der Waals surface area contributed by atoms with E-state index in [1.807, 2.05) is 36.4 Å². The molecule has 3 rings (SSSR count). The van der Waals surface area contributed by atoms with Gasteiger partial charge in [0.2, 0.25) is 0 Å². The van der Waals surface area contributed by atoms with E-state index >= 15 is 0 Å². The third-order valence-corrected chi connectivity index (χ3v) is 5.45. The molecular weight excluding hydrogens is 386 g/mol. The third kappa shape index (κ3) is 3.76. The predicted molar refractivity (Wildman–Crippen MR) is 102 cm³/mol. The van der Waals surface area contributed by atoms with Gasteiger partial charge in [0.15, 0.2) is 0 Å². The fourth-order valence-electron chi connectivity index (χ4n) is 2.49. The highest BCUT2D eigenvalue weighted by molar-refractivity contribution is 9.10. The summed E-state index contributed by atoms with van der Waals surface area (Å²) in [5.41, 5.74) is 2.35. The Balaban J connectivity index is 1.75. The normalized spacial score (nSPS) is 10.8. The highest BCUT2D eigenvalue weighted by Gasteiger charge is 2.14. The smallest absolute Gasteiger partial charge is 0.266 e. The van der Waals surface area contributed by atoms with Gasteiger partial charge in [-0.05, 0) is 42.7 Å².